The zero-order chi connectivity index (χ0) is 14.9. The van der Waals surface area contributed by atoms with Crippen molar-refractivity contribution in [3.05, 3.63) is 35.6 Å². The van der Waals surface area contributed by atoms with Crippen molar-refractivity contribution in [3.8, 4) is 0 Å². The molecule has 0 radical (unpaired) electrons. The third-order valence-electron chi connectivity index (χ3n) is 4.96. The fraction of sp³-hybridized carbons (Fsp3) is 0.588. The molecule has 0 saturated carbocycles. The third-order valence-corrected chi connectivity index (χ3v) is 4.96. The van der Waals surface area contributed by atoms with E-state index in [1.54, 1.807) is 13.0 Å². The second kappa shape index (κ2) is 5.76. The van der Waals surface area contributed by atoms with E-state index in [0.29, 0.717) is 6.42 Å². The molecule has 114 valence electrons. The standard InChI is InChI=1S/C17H22FNO2/c1-13(20)19-8-6-17(7-9-19)11-15(21-12-17)10-14-4-2-3-5-16(14)18/h2-5,15H,6-12H2,1H3/t15-/m1/s1. The molecule has 1 spiro atoms. The topological polar surface area (TPSA) is 29.5 Å². The van der Waals surface area contributed by atoms with Gasteiger partial charge in [0.1, 0.15) is 5.82 Å². The van der Waals surface area contributed by atoms with Crippen molar-refractivity contribution < 1.29 is 13.9 Å². The maximum Gasteiger partial charge on any atom is 0.219 e. The summed E-state index contributed by atoms with van der Waals surface area (Å²) < 4.78 is 19.6. The molecule has 1 aromatic rings. The molecular weight excluding hydrogens is 269 g/mol. The zero-order valence-corrected chi connectivity index (χ0v) is 12.5. The van der Waals surface area contributed by atoms with E-state index in [1.807, 2.05) is 17.0 Å². The molecular formula is C17H22FNO2. The Balaban J connectivity index is 1.59. The number of halogens is 1. The Morgan fingerprint density at radius 1 is 1.38 bits per heavy atom. The number of nitrogens with zero attached hydrogens (tertiary/aromatic N) is 1. The minimum Gasteiger partial charge on any atom is -0.377 e. The smallest absolute Gasteiger partial charge is 0.219 e. The molecule has 0 aliphatic carbocycles. The van der Waals surface area contributed by atoms with Gasteiger partial charge in [-0.05, 0) is 36.3 Å². The maximum atomic E-state index is 13.7. The lowest BCUT2D eigenvalue weighted by Crippen LogP contribution is -2.42. The predicted octanol–water partition coefficient (Wildman–Crippen LogP) is 2.79. The number of carbonyl (C=O) groups is 1. The molecule has 3 rings (SSSR count). The number of benzene rings is 1. The lowest BCUT2D eigenvalue weighted by molar-refractivity contribution is -0.131. The van der Waals surface area contributed by atoms with Crippen LogP contribution in [0, 0.1) is 11.2 Å². The lowest BCUT2D eigenvalue weighted by Gasteiger charge is -2.38. The van der Waals surface area contributed by atoms with Crippen LogP contribution in [0.4, 0.5) is 4.39 Å². The molecule has 2 aliphatic rings. The van der Waals surface area contributed by atoms with Crippen molar-refractivity contribution in [3.63, 3.8) is 0 Å². The fourth-order valence-corrected chi connectivity index (χ4v) is 3.58. The Bertz CT molecular complexity index is 523. The molecule has 3 nitrogen and oxygen atoms in total. The average Bonchev–Trinajstić information content (AvgIpc) is 2.85. The van der Waals surface area contributed by atoms with E-state index >= 15 is 0 Å². The van der Waals surface area contributed by atoms with Crippen LogP contribution in [0.15, 0.2) is 24.3 Å². The number of amides is 1. The summed E-state index contributed by atoms with van der Waals surface area (Å²) in [5, 5.41) is 0. The molecule has 2 aliphatic heterocycles. The molecule has 0 unspecified atom stereocenters. The van der Waals surface area contributed by atoms with Gasteiger partial charge in [-0.2, -0.15) is 0 Å². The van der Waals surface area contributed by atoms with Gasteiger partial charge in [-0.15, -0.1) is 0 Å². The Hall–Kier alpha value is -1.42. The summed E-state index contributed by atoms with van der Waals surface area (Å²) in [6.45, 7) is 4.03. The van der Waals surface area contributed by atoms with Crippen LogP contribution >= 0.6 is 0 Å². The number of piperidine rings is 1. The summed E-state index contributed by atoms with van der Waals surface area (Å²) in [4.78, 5) is 13.3. The second-order valence-corrected chi connectivity index (χ2v) is 6.44. The summed E-state index contributed by atoms with van der Waals surface area (Å²) in [5.74, 6) is 0.0140. The summed E-state index contributed by atoms with van der Waals surface area (Å²) >= 11 is 0. The van der Waals surface area contributed by atoms with Crippen molar-refractivity contribution in [2.45, 2.75) is 38.7 Å². The van der Waals surface area contributed by atoms with Crippen LogP contribution in [-0.2, 0) is 16.0 Å². The zero-order valence-electron chi connectivity index (χ0n) is 12.5. The van der Waals surface area contributed by atoms with Gasteiger partial charge in [0.2, 0.25) is 5.91 Å². The van der Waals surface area contributed by atoms with Crippen LogP contribution in [-0.4, -0.2) is 36.6 Å². The Morgan fingerprint density at radius 2 is 2.10 bits per heavy atom. The number of hydrogen-bond donors (Lipinski definition) is 0. The van der Waals surface area contributed by atoms with Crippen LogP contribution in [0.1, 0.15) is 31.7 Å². The number of carbonyl (C=O) groups excluding carboxylic acids is 1. The first-order chi connectivity index (χ1) is 10.1. The molecule has 1 aromatic carbocycles. The predicted molar refractivity (Wildman–Crippen MR) is 78.4 cm³/mol. The van der Waals surface area contributed by atoms with E-state index in [-0.39, 0.29) is 23.2 Å². The first-order valence-corrected chi connectivity index (χ1v) is 7.69. The number of likely N-dealkylation sites (tertiary alicyclic amines) is 1. The van der Waals surface area contributed by atoms with E-state index in [2.05, 4.69) is 0 Å². The van der Waals surface area contributed by atoms with Gasteiger partial charge in [0.25, 0.3) is 0 Å². The van der Waals surface area contributed by atoms with E-state index in [1.165, 1.54) is 6.07 Å². The summed E-state index contributed by atoms with van der Waals surface area (Å²) in [6.07, 6.45) is 3.73. The molecule has 2 heterocycles. The molecule has 1 amide bonds. The number of hydrogen-bond acceptors (Lipinski definition) is 2. The molecule has 0 N–H and O–H groups in total. The van der Waals surface area contributed by atoms with Crippen LogP contribution < -0.4 is 0 Å². The second-order valence-electron chi connectivity index (χ2n) is 6.44. The number of ether oxygens (including phenoxy) is 1. The minimum absolute atomic E-state index is 0.103. The monoisotopic (exact) mass is 291 g/mol. The Morgan fingerprint density at radius 3 is 2.76 bits per heavy atom. The van der Waals surface area contributed by atoms with Crippen molar-refractivity contribution >= 4 is 5.91 Å². The van der Waals surface area contributed by atoms with Gasteiger partial charge in [-0.25, -0.2) is 4.39 Å². The third kappa shape index (κ3) is 3.10. The maximum absolute atomic E-state index is 13.7. The summed E-state index contributed by atoms with van der Waals surface area (Å²) in [6, 6.07) is 6.93. The van der Waals surface area contributed by atoms with Crippen molar-refractivity contribution in [2.75, 3.05) is 19.7 Å². The SMILES string of the molecule is CC(=O)N1CCC2(CC1)CO[C@H](Cc1ccccc1F)C2. The van der Waals surface area contributed by atoms with E-state index in [9.17, 15) is 9.18 Å². The van der Waals surface area contributed by atoms with Crippen LogP contribution in [0.5, 0.6) is 0 Å². The van der Waals surface area contributed by atoms with E-state index in [4.69, 9.17) is 4.74 Å². The van der Waals surface area contributed by atoms with Gasteiger partial charge < -0.3 is 9.64 Å². The van der Waals surface area contributed by atoms with Crippen LogP contribution in [0.3, 0.4) is 0 Å². The first-order valence-electron chi connectivity index (χ1n) is 7.69. The van der Waals surface area contributed by atoms with Gasteiger partial charge in [-0.1, -0.05) is 18.2 Å². The van der Waals surface area contributed by atoms with Crippen molar-refractivity contribution in [1.29, 1.82) is 0 Å². The van der Waals surface area contributed by atoms with E-state index in [0.717, 1.165) is 44.5 Å². The normalized spacial score (nSPS) is 24.5. The molecule has 4 heteroatoms. The Kier molecular flexibility index (Phi) is 3.98. The molecule has 0 aromatic heterocycles. The van der Waals surface area contributed by atoms with E-state index < -0.39 is 0 Å². The Labute approximate surface area is 125 Å². The highest BCUT2D eigenvalue weighted by molar-refractivity contribution is 5.73. The quantitative estimate of drug-likeness (QED) is 0.838. The van der Waals surface area contributed by atoms with Gasteiger partial charge in [-0.3, -0.25) is 4.79 Å². The van der Waals surface area contributed by atoms with Crippen molar-refractivity contribution in [2.24, 2.45) is 5.41 Å². The highest BCUT2D eigenvalue weighted by Crippen LogP contribution is 2.42. The molecule has 2 saturated heterocycles. The van der Waals surface area contributed by atoms with Gasteiger partial charge in [0.15, 0.2) is 0 Å². The van der Waals surface area contributed by atoms with Gasteiger partial charge >= 0.3 is 0 Å². The van der Waals surface area contributed by atoms with Crippen LogP contribution in [0.25, 0.3) is 0 Å². The first kappa shape index (κ1) is 14.5. The molecule has 21 heavy (non-hydrogen) atoms. The molecule has 1 atom stereocenters. The highest BCUT2D eigenvalue weighted by Gasteiger charge is 2.42. The largest absolute Gasteiger partial charge is 0.377 e. The summed E-state index contributed by atoms with van der Waals surface area (Å²) in [7, 11) is 0. The number of rotatable bonds is 2. The summed E-state index contributed by atoms with van der Waals surface area (Å²) in [5.41, 5.74) is 0.933. The van der Waals surface area contributed by atoms with Crippen molar-refractivity contribution in [1.82, 2.24) is 4.90 Å². The highest BCUT2D eigenvalue weighted by atomic mass is 19.1. The fourth-order valence-electron chi connectivity index (χ4n) is 3.58. The molecule has 2 fully saturated rings. The van der Waals surface area contributed by atoms with Gasteiger partial charge in [0, 0.05) is 26.4 Å². The molecule has 0 bridgehead atoms. The minimum atomic E-state index is -0.145. The lowest BCUT2D eigenvalue weighted by atomic mass is 9.76. The van der Waals surface area contributed by atoms with Gasteiger partial charge in [0.05, 0.1) is 12.7 Å². The van der Waals surface area contributed by atoms with Crippen LogP contribution in [0.2, 0.25) is 0 Å². The average molecular weight is 291 g/mol.